The van der Waals surface area contributed by atoms with Gasteiger partial charge >= 0.3 is 6.01 Å². The maximum Gasteiger partial charge on any atom is 0.318 e. The molecule has 1 aromatic heterocycles. The maximum absolute atomic E-state index is 6.06. The van der Waals surface area contributed by atoms with E-state index in [1.807, 2.05) is 0 Å². The summed E-state index contributed by atoms with van der Waals surface area (Å²) in [5.74, 6) is 0.668. The fourth-order valence-electron chi connectivity index (χ4n) is 2.30. The molecule has 1 aliphatic rings. The lowest BCUT2D eigenvalue weighted by Gasteiger charge is -2.18. The van der Waals surface area contributed by atoms with Crippen molar-refractivity contribution in [3.63, 3.8) is 0 Å². The molecule has 0 saturated heterocycles. The molecule has 1 atom stereocenters. The van der Waals surface area contributed by atoms with Crippen LogP contribution in [0, 0.1) is 5.41 Å². The van der Waals surface area contributed by atoms with Crippen LogP contribution in [0.1, 0.15) is 33.1 Å². The highest BCUT2D eigenvalue weighted by Gasteiger charge is 2.31. The van der Waals surface area contributed by atoms with E-state index in [9.17, 15) is 0 Å². The van der Waals surface area contributed by atoms with Crippen LogP contribution in [-0.4, -0.2) is 23.1 Å². The van der Waals surface area contributed by atoms with Crippen LogP contribution >= 0.6 is 11.6 Å². The molecule has 1 saturated carbocycles. The standard InChI is InChI=1S/C12H18ClN3O/c1-12(2)5-4-8(6-12)15-10-9(13)7-14-11(16-10)17-3/h7-8H,4-6H2,1-3H3,(H,14,15,16). The smallest absolute Gasteiger partial charge is 0.318 e. The van der Waals surface area contributed by atoms with Crippen LogP contribution in [0.5, 0.6) is 6.01 Å². The first-order chi connectivity index (χ1) is 8.00. The van der Waals surface area contributed by atoms with Crippen LogP contribution in [0.2, 0.25) is 5.02 Å². The van der Waals surface area contributed by atoms with Gasteiger partial charge in [-0.3, -0.25) is 0 Å². The van der Waals surface area contributed by atoms with Gasteiger partial charge in [0.05, 0.1) is 13.3 Å². The largest absolute Gasteiger partial charge is 0.467 e. The van der Waals surface area contributed by atoms with E-state index >= 15 is 0 Å². The van der Waals surface area contributed by atoms with E-state index in [0.29, 0.717) is 28.3 Å². The highest BCUT2D eigenvalue weighted by molar-refractivity contribution is 6.32. The minimum Gasteiger partial charge on any atom is -0.467 e. The third-order valence-corrected chi connectivity index (χ3v) is 3.49. The molecule has 0 spiro atoms. The van der Waals surface area contributed by atoms with Gasteiger partial charge in [-0.15, -0.1) is 0 Å². The van der Waals surface area contributed by atoms with Gasteiger partial charge in [0.2, 0.25) is 0 Å². The summed E-state index contributed by atoms with van der Waals surface area (Å²) in [5.41, 5.74) is 0.404. The Morgan fingerprint density at radius 2 is 2.29 bits per heavy atom. The molecular weight excluding hydrogens is 238 g/mol. The van der Waals surface area contributed by atoms with E-state index in [1.54, 1.807) is 13.3 Å². The van der Waals surface area contributed by atoms with E-state index in [1.165, 1.54) is 6.42 Å². The molecule has 0 aliphatic heterocycles. The SMILES string of the molecule is COc1ncc(Cl)c(NC2CCC(C)(C)C2)n1. The summed E-state index contributed by atoms with van der Waals surface area (Å²) in [4.78, 5) is 8.18. The van der Waals surface area contributed by atoms with Gasteiger partial charge in [-0.2, -0.15) is 4.98 Å². The zero-order valence-corrected chi connectivity index (χ0v) is 11.2. The van der Waals surface area contributed by atoms with E-state index in [0.717, 1.165) is 12.8 Å². The van der Waals surface area contributed by atoms with Crippen molar-refractivity contribution in [2.75, 3.05) is 12.4 Å². The number of hydrogen-bond acceptors (Lipinski definition) is 4. The molecule has 2 rings (SSSR count). The lowest BCUT2D eigenvalue weighted by molar-refractivity contribution is 0.377. The predicted molar refractivity (Wildman–Crippen MR) is 68.6 cm³/mol. The molecular formula is C12H18ClN3O. The van der Waals surface area contributed by atoms with Gasteiger partial charge in [-0.25, -0.2) is 4.98 Å². The number of anilines is 1. The molecule has 1 N–H and O–H groups in total. The minimum absolute atomic E-state index is 0.342. The lowest BCUT2D eigenvalue weighted by Crippen LogP contribution is -2.18. The fourth-order valence-corrected chi connectivity index (χ4v) is 2.45. The molecule has 1 heterocycles. The van der Waals surface area contributed by atoms with Crippen LogP contribution in [0.3, 0.4) is 0 Å². The van der Waals surface area contributed by atoms with Gasteiger partial charge in [0, 0.05) is 6.04 Å². The average molecular weight is 256 g/mol. The van der Waals surface area contributed by atoms with E-state index in [2.05, 4.69) is 29.1 Å². The Kier molecular flexibility index (Phi) is 3.43. The number of ether oxygens (including phenoxy) is 1. The topological polar surface area (TPSA) is 47.0 Å². The summed E-state index contributed by atoms with van der Waals surface area (Å²) in [6, 6.07) is 0.774. The second-order valence-corrected chi connectivity index (χ2v) is 5.71. The first-order valence-electron chi connectivity index (χ1n) is 5.83. The van der Waals surface area contributed by atoms with Crippen LogP contribution in [-0.2, 0) is 0 Å². The monoisotopic (exact) mass is 255 g/mol. The number of nitrogens with zero attached hydrogens (tertiary/aromatic N) is 2. The minimum atomic E-state index is 0.342. The van der Waals surface area contributed by atoms with Crippen LogP contribution in [0.25, 0.3) is 0 Å². The molecule has 0 aromatic carbocycles. The lowest BCUT2D eigenvalue weighted by atomic mass is 9.92. The van der Waals surface area contributed by atoms with Gasteiger partial charge in [-0.1, -0.05) is 25.4 Å². The molecule has 1 unspecified atom stereocenters. The van der Waals surface area contributed by atoms with Crippen molar-refractivity contribution in [3.8, 4) is 6.01 Å². The van der Waals surface area contributed by atoms with Crippen LogP contribution in [0.15, 0.2) is 6.20 Å². The van der Waals surface area contributed by atoms with Crippen molar-refractivity contribution >= 4 is 17.4 Å². The van der Waals surface area contributed by atoms with Crippen molar-refractivity contribution in [1.82, 2.24) is 9.97 Å². The van der Waals surface area contributed by atoms with Gasteiger partial charge in [-0.05, 0) is 24.7 Å². The Bertz CT molecular complexity index is 409. The molecule has 4 nitrogen and oxygen atoms in total. The van der Waals surface area contributed by atoms with Gasteiger partial charge in [0.1, 0.15) is 5.02 Å². The first-order valence-corrected chi connectivity index (χ1v) is 6.21. The molecule has 1 aromatic rings. The molecule has 0 bridgehead atoms. The summed E-state index contributed by atoms with van der Waals surface area (Å²) in [5, 5.41) is 3.91. The average Bonchev–Trinajstić information content (AvgIpc) is 2.61. The second-order valence-electron chi connectivity index (χ2n) is 5.30. The molecule has 5 heteroatoms. The molecule has 94 valence electrons. The number of methoxy groups -OCH3 is 1. The highest BCUT2D eigenvalue weighted by Crippen LogP contribution is 2.38. The summed E-state index contributed by atoms with van der Waals surface area (Å²) in [7, 11) is 1.55. The molecule has 1 aliphatic carbocycles. The number of rotatable bonds is 3. The normalized spacial score (nSPS) is 22.5. The zero-order chi connectivity index (χ0) is 12.5. The number of aromatic nitrogens is 2. The number of halogens is 1. The maximum atomic E-state index is 6.06. The molecule has 17 heavy (non-hydrogen) atoms. The highest BCUT2D eigenvalue weighted by atomic mass is 35.5. The Hall–Kier alpha value is -1.03. The third-order valence-electron chi connectivity index (χ3n) is 3.21. The summed E-state index contributed by atoms with van der Waals surface area (Å²) >= 11 is 6.06. The van der Waals surface area contributed by atoms with Crippen molar-refractivity contribution in [1.29, 1.82) is 0 Å². The van der Waals surface area contributed by atoms with Crippen molar-refractivity contribution in [3.05, 3.63) is 11.2 Å². The number of hydrogen-bond donors (Lipinski definition) is 1. The molecule has 0 radical (unpaired) electrons. The fraction of sp³-hybridized carbons (Fsp3) is 0.667. The van der Waals surface area contributed by atoms with Crippen LogP contribution < -0.4 is 10.1 Å². The van der Waals surface area contributed by atoms with Gasteiger partial charge in [0.25, 0.3) is 0 Å². The van der Waals surface area contributed by atoms with E-state index in [-0.39, 0.29) is 0 Å². The Labute approximate surface area is 107 Å². The Morgan fingerprint density at radius 3 is 2.88 bits per heavy atom. The Morgan fingerprint density at radius 1 is 1.53 bits per heavy atom. The van der Waals surface area contributed by atoms with Crippen molar-refractivity contribution < 1.29 is 4.74 Å². The summed E-state index contributed by atoms with van der Waals surface area (Å²) in [6.45, 7) is 4.58. The molecule has 0 amide bonds. The Balaban J connectivity index is 2.08. The first kappa shape index (κ1) is 12.4. The van der Waals surface area contributed by atoms with Crippen molar-refractivity contribution in [2.24, 2.45) is 5.41 Å². The zero-order valence-electron chi connectivity index (χ0n) is 10.5. The number of nitrogens with one attached hydrogen (secondary N) is 1. The second kappa shape index (κ2) is 4.69. The van der Waals surface area contributed by atoms with Crippen LogP contribution in [0.4, 0.5) is 5.82 Å². The van der Waals surface area contributed by atoms with E-state index in [4.69, 9.17) is 16.3 Å². The van der Waals surface area contributed by atoms with Gasteiger partial charge < -0.3 is 10.1 Å². The van der Waals surface area contributed by atoms with Gasteiger partial charge in [0.15, 0.2) is 5.82 Å². The van der Waals surface area contributed by atoms with Crippen molar-refractivity contribution in [2.45, 2.75) is 39.2 Å². The summed E-state index contributed by atoms with van der Waals surface area (Å²) in [6.07, 6.45) is 5.08. The summed E-state index contributed by atoms with van der Waals surface area (Å²) < 4.78 is 4.99. The quantitative estimate of drug-likeness (QED) is 0.902. The van der Waals surface area contributed by atoms with E-state index < -0.39 is 0 Å². The molecule has 1 fully saturated rings. The third kappa shape index (κ3) is 3.00. The predicted octanol–water partition coefficient (Wildman–Crippen LogP) is 3.13.